The Kier molecular flexibility index (Phi) is 9.03. The minimum absolute atomic E-state index is 0.191. The van der Waals surface area contributed by atoms with Crippen LogP contribution < -0.4 is 5.32 Å². The molecule has 1 aliphatic heterocycles. The highest BCUT2D eigenvalue weighted by Crippen LogP contribution is 2.21. The Morgan fingerprint density at radius 1 is 0.771 bits per heavy atom. The number of carbonyl (C=O) groups excluding carboxylic acids is 3. The third kappa shape index (κ3) is 7.68. The molecule has 0 unspecified atom stereocenters. The summed E-state index contributed by atoms with van der Waals surface area (Å²) in [6, 6.07) is 16.0. The molecule has 0 saturated carbocycles. The first kappa shape index (κ1) is 26.0. The number of hydrogen-bond donors (Lipinski definition) is 1. The molecule has 1 heterocycles. The standard InChI is InChI=1S/C19H18F2N2O2.C7H4ClFO/c20-15-5-3-13(4-6-15)19(25)23-11-1-2-14(12-23)18(24)22-17-9-7-16(21)8-10-17;8-7(10)5-1-3-6(9)4-2-5/h3-10,14H,1-2,11-12H2,(H,22,24);1-4H/t14-;/m0./s1. The summed E-state index contributed by atoms with van der Waals surface area (Å²) in [5, 5.41) is 2.18. The SMILES string of the molecule is O=C(Cl)c1ccc(F)cc1.O=C(Nc1ccc(F)cc1)[C@H]1CCCN(C(=O)c2ccc(F)cc2)C1. The Bertz CT molecular complexity index is 1170. The highest BCUT2D eigenvalue weighted by molar-refractivity contribution is 6.67. The molecule has 1 aliphatic rings. The van der Waals surface area contributed by atoms with Crippen LogP contribution in [0.2, 0.25) is 0 Å². The number of nitrogens with zero attached hydrogens (tertiary/aromatic N) is 1. The highest BCUT2D eigenvalue weighted by atomic mass is 35.5. The van der Waals surface area contributed by atoms with Crippen molar-refractivity contribution in [2.75, 3.05) is 18.4 Å². The maximum absolute atomic E-state index is 13.0. The number of halogens is 4. The van der Waals surface area contributed by atoms with Gasteiger partial charge in [-0.25, -0.2) is 13.2 Å². The van der Waals surface area contributed by atoms with Crippen LogP contribution in [0.5, 0.6) is 0 Å². The van der Waals surface area contributed by atoms with Gasteiger partial charge in [-0.3, -0.25) is 14.4 Å². The maximum atomic E-state index is 13.0. The summed E-state index contributed by atoms with van der Waals surface area (Å²) in [5.41, 5.74) is 1.23. The van der Waals surface area contributed by atoms with Gasteiger partial charge in [0.25, 0.3) is 11.1 Å². The smallest absolute Gasteiger partial charge is 0.253 e. The lowest BCUT2D eigenvalue weighted by Crippen LogP contribution is -2.43. The van der Waals surface area contributed by atoms with Crippen LogP contribution in [-0.4, -0.2) is 35.0 Å². The van der Waals surface area contributed by atoms with Gasteiger partial charge in [0.05, 0.1) is 5.92 Å². The van der Waals surface area contributed by atoms with E-state index in [9.17, 15) is 27.6 Å². The molecular weight excluding hydrogens is 481 g/mol. The van der Waals surface area contributed by atoms with Crippen LogP contribution in [0.15, 0.2) is 72.8 Å². The molecule has 1 atom stereocenters. The molecule has 2 amide bonds. The molecule has 1 saturated heterocycles. The summed E-state index contributed by atoms with van der Waals surface area (Å²) < 4.78 is 38.1. The van der Waals surface area contributed by atoms with Crippen LogP contribution in [0, 0.1) is 23.4 Å². The zero-order chi connectivity index (χ0) is 25.4. The van der Waals surface area contributed by atoms with Crippen molar-refractivity contribution in [1.29, 1.82) is 0 Å². The number of rotatable bonds is 4. The van der Waals surface area contributed by atoms with Gasteiger partial charge in [0.1, 0.15) is 17.5 Å². The zero-order valence-electron chi connectivity index (χ0n) is 18.5. The van der Waals surface area contributed by atoms with Crippen molar-refractivity contribution in [3.8, 4) is 0 Å². The largest absolute Gasteiger partial charge is 0.338 e. The van der Waals surface area contributed by atoms with Gasteiger partial charge in [-0.1, -0.05) is 0 Å². The van der Waals surface area contributed by atoms with E-state index in [4.69, 9.17) is 11.6 Å². The first-order chi connectivity index (χ1) is 16.7. The van der Waals surface area contributed by atoms with E-state index in [0.29, 0.717) is 42.7 Å². The molecule has 0 aromatic heterocycles. The van der Waals surface area contributed by atoms with Crippen LogP contribution in [0.4, 0.5) is 18.9 Å². The number of hydrogen-bond acceptors (Lipinski definition) is 3. The first-order valence-electron chi connectivity index (χ1n) is 10.8. The number of nitrogens with one attached hydrogen (secondary N) is 1. The van der Waals surface area contributed by atoms with Crippen molar-refractivity contribution >= 4 is 34.3 Å². The maximum Gasteiger partial charge on any atom is 0.253 e. The molecule has 4 rings (SSSR count). The first-order valence-corrected chi connectivity index (χ1v) is 11.2. The molecule has 0 aliphatic carbocycles. The topological polar surface area (TPSA) is 66.5 Å². The van der Waals surface area contributed by atoms with E-state index in [1.54, 1.807) is 4.90 Å². The molecule has 1 N–H and O–H groups in total. The predicted molar refractivity (Wildman–Crippen MR) is 127 cm³/mol. The fourth-order valence-corrected chi connectivity index (χ4v) is 3.64. The molecule has 5 nitrogen and oxygen atoms in total. The molecule has 0 bridgehead atoms. The Labute approximate surface area is 205 Å². The van der Waals surface area contributed by atoms with Crippen molar-refractivity contribution in [3.63, 3.8) is 0 Å². The highest BCUT2D eigenvalue weighted by Gasteiger charge is 2.29. The van der Waals surface area contributed by atoms with E-state index in [2.05, 4.69) is 5.32 Å². The Morgan fingerprint density at radius 3 is 1.77 bits per heavy atom. The van der Waals surface area contributed by atoms with E-state index in [0.717, 1.165) is 0 Å². The quantitative estimate of drug-likeness (QED) is 0.468. The summed E-state index contributed by atoms with van der Waals surface area (Å²) in [5.74, 6) is -1.87. The van der Waals surface area contributed by atoms with E-state index in [-0.39, 0.29) is 29.4 Å². The summed E-state index contributed by atoms with van der Waals surface area (Å²) in [6.07, 6.45) is 1.40. The summed E-state index contributed by atoms with van der Waals surface area (Å²) in [4.78, 5) is 36.9. The van der Waals surface area contributed by atoms with Crippen molar-refractivity contribution < 1.29 is 27.6 Å². The molecule has 0 spiro atoms. The normalized spacial score (nSPS) is 15.0. The fourth-order valence-electron chi connectivity index (χ4n) is 3.51. The molecule has 3 aromatic carbocycles. The second kappa shape index (κ2) is 12.2. The third-order valence-electron chi connectivity index (χ3n) is 5.35. The van der Waals surface area contributed by atoms with E-state index in [1.165, 1.54) is 72.8 Å². The number of piperidine rings is 1. The number of amides is 2. The average molecular weight is 503 g/mol. The summed E-state index contributed by atoms with van der Waals surface area (Å²) in [6.45, 7) is 0.875. The predicted octanol–water partition coefficient (Wildman–Crippen LogP) is 5.66. The van der Waals surface area contributed by atoms with Crippen LogP contribution >= 0.6 is 11.6 Å². The van der Waals surface area contributed by atoms with Crippen LogP contribution in [0.25, 0.3) is 0 Å². The van der Waals surface area contributed by atoms with E-state index < -0.39 is 11.1 Å². The fraction of sp³-hybridized carbons (Fsp3) is 0.192. The minimum Gasteiger partial charge on any atom is -0.338 e. The molecule has 9 heteroatoms. The van der Waals surface area contributed by atoms with Gasteiger partial charge in [0, 0.05) is 29.9 Å². The van der Waals surface area contributed by atoms with Crippen molar-refractivity contribution in [3.05, 3.63) is 101 Å². The molecule has 182 valence electrons. The van der Waals surface area contributed by atoms with Crippen molar-refractivity contribution in [2.45, 2.75) is 12.8 Å². The van der Waals surface area contributed by atoms with Gasteiger partial charge in [-0.2, -0.15) is 0 Å². The summed E-state index contributed by atoms with van der Waals surface area (Å²) in [7, 11) is 0. The van der Waals surface area contributed by atoms with Crippen molar-refractivity contribution in [2.24, 2.45) is 5.92 Å². The monoisotopic (exact) mass is 502 g/mol. The van der Waals surface area contributed by atoms with Crippen LogP contribution in [0.1, 0.15) is 33.6 Å². The lowest BCUT2D eigenvalue weighted by molar-refractivity contribution is -0.121. The Hall–Kier alpha value is -3.65. The van der Waals surface area contributed by atoms with Gasteiger partial charge >= 0.3 is 0 Å². The molecule has 0 radical (unpaired) electrons. The van der Waals surface area contributed by atoms with Gasteiger partial charge in [0.2, 0.25) is 5.91 Å². The second-order valence-corrected chi connectivity index (χ2v) is 8.22. The van der Waals surface area contributed by atoms with Crippen molar-refractivity contribution in [1.82, 2.24) is 4.90 Å². The van der Waals surface area contributed by atoms with Gasteiger partial charge in [0.15, 0.2) is 0 Å². The van der Waals surface area contributed by atoms with E-state index >= 15 is 0 Å². The number of anilines is 1. The minimum atomic E-state index is -0.569. The van der Waals surface area contributed by atoms with Gasteiger partial charge in [-0.15, -0.1) is 0 Å². The summed E-state index contributed by atoms with van der Waals surface area (Å²) >= 11 is 5.09. The second-order valence-electron chi connectivity index (χ2n) is 7.87. The number of likely N-dealkylation sites (tertiary alicyclic amines) is 1. The number of carbonyl (C=O) groups is 3. The Morgan fingerprint density at radius 2 is 1.26 bits per heavy atom. The lowest BCUT2D eigenvalue weighted by Gasteiger charge is -2.32. The molecule has 35 heavy (non-hydrogen) atoms. The average Bonchev–Trinajstić information content (AvgIpc) is 2.86. The number of benzene rings is 3. The lowest BCUT2D eigenvalue weighted by atomic mass is 9.96. The molecular formula is C26H22ClF3N2O3. The molecule has 3 aromatic rings. The van der Waals surface area contributed by atoms with Crippen LogP contribution in [0.3, 0.4) is 0 Å². The third-order valence-corrected chi connectivity index (χ3v) is 5.57. The Balaban J connectivity index is 0.000000287. The zero-order valence-corrected chi connectivity index (χ0v) is 19.3. The van der Waals surface area contributed by atoms with Gasteiger partial charge in [-0.05, 0) is 97.2 Å². The van der Waals surface area contributed by atoms with Crippen LogP contribution in [-0.2, 0) is 4.79 Å². The molecule has 1 fully saturated rings. The van der Waals surface area contributed by atoms with Gasteiger partial charge < -0.3 is 10.2 Å². The van der Waals surface area contributed by atoms with E-state index in [1.807, 2.05) is 0 Å².